The van der Waals surface area contributed by atoms with E-state index in [1.165, 1.54) is 24.3 Å². The number of hydrogen-bond acceptors (Lipinski definition) is 3. The van der Waals surface area contributed by atoms with Gasteiger partial charge in [-0.05, 0) is 35.9 Å². The largest absolute Gasteiger partial charge is 0.326 e. The maximum Gasteiger partial charge on any atom is 0.228 e. The van der Waals surface area contributed by atoms with E-state index in [9.17, 15) is 22.0 Å². The van der Waals surface area contributed by atoms with Crippen LogP contribution in [0.4, 0.5) is 14.5 Å². The molecule has 0 unspecified atom stereocenters. The summed E-state index contributed by atoms with van der Waals surface area (Å²) >= 11 is 0. The highest BCUT2D eigenvalue weighted by Crippen LogP contribution is 2.28. The Kier molecular flexibility index (Phi) is 3.44. The van der Waals surface area contributed by atoms with Crippen molar-refractivity contribution in [3.05, 3.63) is 59.2 Å². The molecule has 0 radical (unpaired) electrons. The van der Waals surface area contributed by atoms with Gasteiger partial charge in [-0.15, -0.1) is 0 Å². The Bertz CT molecular complexity index is 858. The minimum Gasteiger partial charge on any atom is -0.326 e. The van der Waals surface area contributed by atoms with Crippen LogP contribution in [0.1, 0.15) is 11.1 Å². The van der Waals surface area contributed by atoms with Gasteiger partial charge in [-0.1, -0.05) is 6.07 Å². The molecule has 114 valence electrons. The van der Waals surface area contributed by atoms with Gasteiger partial charge in [0.05, 0.1) is 17.1 Å². The van der Waals surface area contributed by atoms with Gasteiger partial charge in [0.15, 0.2) is 9.84 Å². The molecule has 0 atom stereocenters. The number of rotatable bonds is 3. The van der Waals surface area contributed by atoms with Crippen molar-refractivity contribution in [2.75, 3.05) is 5.32 Å². The summed E-state index contributed by atoms with van der Waals surface area (Å²) in [5.41, 5.74) is 0.623. The van der Waals surface area contributed by atoms with Crippen LogP contribution in [0.2, 0.25) is 0 Å². The highest BCUT2D eigenvalue weighted by atomic mass is 32.2. The topological polar surface area (TPSA) is 63.2 Å². The average Bonchev–Trinajstić information content (AvgIpc) is 2.82. The Morgan fingerprint density at radius 1 is 1.09 bits per heavy atom. The van der Waals surface area contributed by atoms with Crippen molar-refractivity contribution in [3.63, 3.8) is 0 Å². The molecule has 4 nitrogen and oxygen atoms in total. The maximum absolute atomic E-state index is 13.6. The lowest BCUT2D eigenvalue weighted by Gasteiger charge is -2.08. The van der Waals surface area contributed by atoms with Crippen LogP contribution in [0.15, 0.2) is 41.3 Å². The Morgan fingerprint density at radius 2 is 1.77 bits per heavy atom. The molecule has 1 N–H and O–H groups in total. The monoisotopic (exact) mass is 323 g/mol. The van der Waals surface area contributed by atoms with Crippen molar-refractivity contribution in [1.29, 1.82) is 0 Å². The predicted molar refractivity (Wildman–Crippen MR) is 76.0 cm³/mol. The maximum atomic E-state index is 13.6. The van der Waals surface area contributed by atoms with Crippen LogP contribution in [-0.2, 0) is 26.8 Å². The lowest BCUT2D eigenvalue weighted by atomic mass is 10.2. The SMILES string of the molecule is O=C1Cc2cc(S(=O)(=O)Cc3c(F)cccc3F)ccc2N1. The van der Waals surface area contributed by atoms with E-state index in [2.05, 4.69) is 5.32 Å². The molecule has 1 aliphatic rings. The van der Waals surface area contributed by atoms with Crippen molar-refractivity contribution in [2.45, 2.75) is 17.1 Å². The number of sulfone groups is 1. The fourth-order valence-corrected chi connectivity index (χ4v) is 3.76. The van der Waals surface area contributed by atoms with Crippen molar-refractivity contribution >= 4 is 21.4 Å². The summed E-state index contributed by atoms with van der Waals surface area (Å²) in [5, 5.41) is 2.59. The van der Waals surface area contributed by atoms with Crippen molar-refractivity contribution in [2.24, 2.45) is 0 Å². The lowest BCUT2D eigenvalue weighted by molar-refractivity contribution is -0.115. The highest BCUT2D eigenvalue weighted by molar-refractivity contribution is 7.90. The Hall–Kier alpha value is -2.28. The van der Waals surface area contributed by atoms with Gasteiger partial charge in [0.1, 0.15) is 11.6 Å². The second kappa shape index (κ2) is 5.17. The zero-order chi connectivity index (χ0) is 15.9. The number of carbonyl (C=O) groups excluding carboxylic acids is 1. The molecule has 1 aliphatic heterocycles. The van der Waals surface area contributed by atoms with Crippen LogP contribution in [0.25, 0.3) is 0 Å². The van der Waals surface area contributed by atoms with E-state index in [0.717, 1.165) is 12.1 Å². The van der Waals surface area contributed by atoms with Crippen molar-refractivity contribution < 1.29 is 22.0 Å². The summed E-state index contributed by atoms with van der Waals surface area (Å²) in [6, 6.07) is 7.36. The number of carbonyl (C=O) groups is 1. The van der Waals surface area contributed by atoms with E-state index in [-0.39, 0.29) is 17.2 Å². The molecule has 22 heavy (non-hydrogen) atoms. The average molecular weight is 323 g/mol. The van der Waals surface area contributed by atoms with Gasteiger partial charge < -0.3 is 5.32 Å². The van der Waals surface area contributed by atoms with E-state index < -0.39 is 32.8 Å². The number of anilines is 1. The van der Waals surface area contributed by atoms with E-state index in [1.807, 2.05) is 0 Å². The first-order chi connectivity index (χ1) is 10.4. The highest BCUT2D eigenvalue weighted by Gasteiger charge is 2.24. The molecule has 0 fully saturated rings. The number of benzene rings is 2. The first-order valence-electron chi connectivity index (χ1n) is 6.45. The number of nitrogens with one attached hydrogen (secondary N) is 1. The van der Waals surface area contributed by atoms with E-state index >= 15 is 0 Å². The summed E-state index contributed by atoms with van der Waals surface area (Å²) in [7, 11) is -3.92. The summed E-state index contributed by atoms with van der Waals surface area (Å²) in [6.07, 6.45) is 0.0900. The molecular formula is C15H11F2NO3S. The van der Waals surface area contributed by atoms with Crippen LogP contribution in [0.5, 0.6) is 0 Å². The normalized spacial score (nSPS) is 13.8. The van der Waals surface area contributed by atoms with Crippen LogP contribution < -0.4 is 5.32 Å². The second-order valence-corrected chi connectivity index (χ2v) is 6.99. The van der Waals surface area contributed by atoms with E-state index in [0.29, 0.717) is 11.3 Å². The van der Waals surface area contributed by atoms with Crippen LogP contribution in [0.3, 0.4) is 0 Å². The molecule has 3 rings (SSSR count). The van der Waals surface area contributed by atoms with Gasteiger partial charge in [-0.3, -0.25) is 4.79 Å². The fourth-order valence-electron chi connectivity index (χ4n) is 2.34. The summed E-state index contributed by atoms with van der Waals surface area (Å²) in [5.74, 6) is -2.79. The number of halogens is 2. The van der Waals surface area contributed by atoms with Gasteiger partial charge in [0.2, 0.25) is 5.91 Å². The molecule has 0 aromatic heterocycles. The third-order valence-corrected chi connectivity index (χ3v) is 5.10. The third-order valence-electron chi connectivity index (χ3n) is 3.46. The second-order valence-electron chi connectivity index (χ2n) is 5.00. The van der Waals surface area contributed by atoms with Crippen molar-refractivity contribution in [1.82, 2.24) is 0 Å². The number of amides is 1. The first-order valence-corrected chi connectivity index (χ1v) is 8.10. The van der Waals surface area contributed by atoms with Gasteiger partial charge in [0.25, 0.3) is 0 Å². The minimum absolute atomic E-state index is 0.0644. The summed E-state index contributed by atoms with van der Waals surface area (Å²) in [4.78, 5) is 11.2. The first kappa shape index (κ1) is 14.6. The molecular weight excluding hydrogens is 312 g/mol. The van der Waals surface area contributed by atoms with Crippen LogP contribution >= 0.6 is 0 Å². The van der Waals surface area contributed by atoms with Gasteiger partial charge in [-0.25, -0.2) is 17.2 Å². The van der Waals surface area contributed by atoms with Gasteiger partial charge in [-0.2, -0.15) is 0 Å². The zero-order valence-corrected chi connectivity index (χ0v) is 12.1. The molecule has 0 saturated carbocycles. The van der Waals surface area contributed by atoms with E-state index in [1.54, 1.807) is 0 Å². The smallest absolute Gasteiger partial charge is 0.228 e. The fraction of sp³-hybridized carbons (Fsp3) is 0.133. The predicted octanol–water partition coefficient (Wildman–Crippen LogP) is 2.43. The minimum atomic E-state index is -3.92. The van der Waals surface area contributed by atoms with Crippen LogP contribution in [-0.4, -0.2) is 14.3 Å². The van der Waals surface area contributed by atoms with Crippen LogP contribution in [0, 0.1) is 11.6 Å². The third kappa shape index (κ3) is 2.59. The molecule has 2 aromatic carbocycles. The molecule has 0 saturated heterocycles. The molecule has 0 bridgehead atoms. The Morgan fingerprint density at radius 3 is 2.45 bits per heavy atom. The molecule has 7 heteroatoms. The lowest BCUT2D eigenvalue weighted by Crippen LogP contribution is -2.08. The number of hydrogen-bond donors (Lipinski definition) is 1. The van der Waals surface area contributed by atoms with E-state index in [4.69, 9.17) is 0 Å². The molecule has 1 heterocycles. The Balaban J connectivity index is 1.98. The van der Waals surface area contributed by atoms with Gasteiger partial charge >= 0.3 is 0 Å². The summed E-state index contributed by atoms with van der Waals surface area (Å²) in [6.45, 7) is 0. The molecule has 1 amide bonds. The molecule has 2 aromatic rings. The standard InChI is InChI=1S/C15H11F2NO3S/c16-12-2-1-3-13(17)11(12)8-22(20,21)10-4-5-14-9(6-10)7-15(19)18-14/h1-6H,7-8H2,(H,18,19). The Labute approximate surface area is 125 Å². The quantitative estimate of drug-likeness (QED) is 0.943. The molecule has 0 spiro atoms. The van der Waals surface area contributed by atoms with Crippen molar-refractivity contribution in [3.8, 4) is 0 Å². The summed E-state index contributed by atoms with van der Waals surface area (Å²) < 4.78 is 51.9. The van der Waals surface area contributed by atoms with Gasteiger partial charge in [0, 0.05) is 11.3 Å². The zero-order valence-electron chi connectivity index (χ0n) is 11.3. The molecule has 0 aliphatic carbocycles. The number of fused-ring (bicyclic) bond motifs is 1.